The van der Waals surface area contributed by atoms with Gasteiger partial charge in [-0.1, -0.05) is 35.9 Å². The summed E-state index contributed by atoms with van der Waals surface area (Å²) in [6.07, 6.45) is 1.73. The number of para-hydroxylation sites is 1. The molecule has 3 nitrogen and oxygen atoms in total. The highest BCUT2D eigenvalue weighted by Crippen LogP contribution is 2.22. The lowest BCUT2D eigenvalue weighted by Crippen LogP contribution is -2.35. The minimum Gasteiger partial charge on any atom is -0.376 e. The van der Waals surface area contributed by atoms with E-state index in [0.717, 1.165) is 14.9 Å². The predicted molar refractivity (Wildman–Crippen MR) is 89.9 cm³/mol. The van der Waals surface area contributed by atoms with E-state index in [1.165, 1.54) is 11.3 Å². The van der Waals surface area contributed by atoms with Crippen molar-refractivity contribution in [3.8, 4) is 0 Å². The van der Waals surface area contributed by atoms with Crippen LogP contribution in [0.3, 0.4) is 0 Å². The number of hydrogen-bond donors (Lipinski definition) is 1. The van der Waals surface area contributed by atoms with E-state index in [1.807, 2.05) is 42.5 Å². The molecule has 0 aliphatic rings. The molecule has 0 saturated carbocycles. The van der Waals surface area contributed by atoms with Gasteiger partial charge in [0.05, 0.1) is 17.4 Å². The van der Waals surface area contributed by atoms with Gasteiger partial charge in [-0.2, -0.15) is 0 Å². The number of hydrogen-bond acceptors (Lipinski definition) is 3. The van der Waals surface area contributed by atoms with Gasteiger partial charge in [-0.15, -0.1) is 17.9 Å². The average molecular weight is 321 g/mol. The molecule has 21 heavy (non-hydrogen) atoms. The summed E-state index contributed by atoms with van der Waals surface area (Å²) < 4.78 is 0.735. The molecule has 0 saturated heterocycles. The molecule has 0 radical (unpaired) electrons. The number of carbonyl (C=O) groups excluding carboxylic acids is 1. The summed E-state index contributed by atoms with van der Waals surface area (Å²) >= 11 is 7.41. The minimum atomic E-state index is 0.0308. The second-order valence-corrected chi connectivity index (χ2v) is 6.29. The Labute approximate surface area is 133 Å². The first-order chi connectivity index (χ1) is 10.2. The number of nitrogens with zero attached hydrogens (tertiary/aromatic N) is 1. The van der Waals surface area contributed by atoms with Crippen molar-refractivity contribution in [3.63, 3.8) is 0 Å². The minimum absolute atomic E-state index is 0.0308. The summed E-state index contributed by atoms with van der Waals surface area (Å²) in [6.45, 7) is 5.04. The summed E-state index contributed by atoms with van der Waals surface area (Å²) in [7, 11) is 0. The molecule has 0 fully saturated rings. The summed E-state index contributed by atoms with van der Waals surface area (Å²) in [5.41, 5.74) is 0.934. The molecule has 0 atom stereocenters. The molecule has 5 heteroatoms. The van der Waals surface area contributed by atoms with Crippen molar-refractivity contribution in [1.29, 1.82) is 0 Å². The molecule has 0 bridgehead atoms. The number of nitrogens with one attached hydrogen (secondary N) is 1. The van der Waals surface area contributed by atoms with Crippen molar-refractivity contribution in [2.24, 2.45) is 0 Å². The number of amides is 1. The topological polar surface area (TPSA) is 32.3 Å². The lowest BCUT2D eigenvalue weighted by molar-refractivity contribution is -0.129. The second-order valence-electron chi connectivity index (χ2n) is 4.49. The zero-order valence-electron chi connectivity index (χ0n) is 11.6. The van der Waals surface area contributed by atoms with Crippen molar-refractivity contribution in [2.75, 3.05) is 18.4 Å². The zero-order valence-corrected chi connectivity index (χ0v) is 13.2. The average Bonchev–Trinajstić information content (AvgIpc) is 2.91. The Morgan fingerprint density at radius 3 is 2.67 bits per heavy atom. The van der Waals surface area contributed by atoms with Gasteiger partial charge >= 0.3 is 0 Å². The molecule has 2 aromatic rings. The second kappa shape index (κ2) is 7.86. The number of anilines is 1. The first kappa shape index (κ1) is 15.6. The van der Waals surface area contributed by atoms with E-state index in [2.05, 4.69) is 11.9 Å². The number of thiophene rings is 1. The number of carbonyl (C=O) groups is 1. The van der Waals surface area contributed by atoms with Gasteiger partial charge < -0.3 is 10.2 Å². The van der Waals surface area contributed by atoms with Gasteiger partial charge in [0.2, 0.25) is 5.91 Å². The fourth-order valence-electron chi connectivity index (χ4n) is 1.88. The maximum absolute atomic E-state index is 12.3. The van der Waals surface area contributed by atoms with E-state index < -0.39 is 0 Å². The first-order valence-corrected chi connectivity index (χ1v) is 7.80. The summed E-state index contributed by atoms with van der Waals surface area (Å²) in [4.78, 5) is 15.1. The summed E-state index contributed by atoms with van der Waals surface area (Å²) in [5.74, 6) is 0.0308. The van der Waals surface area contributed by atoms with Gasteiger partial charge in [-0.25, -0.2) is 0 Å². The summed E-state index contributed by atoms with van der Waals surface area (Å²) in [6, 6.07) is 13.5. The van der Waals surface area contributed by atoms with Gasteiger partial charge in [-0.3, -0.25) is 4.79 Å². The number of benzene rings is 1. The smallest absolute Gasteiger partial charge is 0.242 e. The third-order valence-electron chi connectivity index (χ3n) is 2.90. The summed E-state index contributed by atoms with van der Waals surface area (Å²) in [5, 5.41) is 3.13. The van der Waals surface area contributed by atoms with Crippen LogP contribution in [0.2, 0.25) is 4.34 Å². The van der Waals surface area contributed by atoms with Crippen molar-refractivity contribution in [3.05, 3.63) is 64.3 Å². The maximum Gasteiger partial charge on any atom is 0.242 e. The third kappa shape index (κ3) is 4.92. The lowest BCUT2D eigenvalue weighted by Gasteiger charge is -2.21. The molecule has 0 aliphatic carbocycles. The molecule has 110 valence electrons. The number of halogens is 1. The quantitative estimate of drug-likeness (QED) is 0.781. The lowest BCUT2D eigenvalue weighted by atomic mass is 10.3. The molecule has 1 amide bonds. The van der Waals surface area contributed by atoms with Gasteiger partial charge in [0.25, 0.3) is 0 Å². The molecule has 0 spiro atoms. The van der Waals surface area contributed by atoms with E-state index in [-0.39, 0.29) is 12.5 Å². The molecular weight excluding hydrogens is 304 g/mol. The van der Waals surface area contributed by atoms with Crippen LogP contribution < -0.4 is 5.32 Å². The Morgan fingerprint density at radius 2 is 2.05 bits per heavy atom. The first-order valence-electron chi connectivity index (χ1n) is 6.61. The monoisotopic (exact) mass is 320 g/mol. The third-order valence-corrected chi connectivity index (χ3v) is 4.11. The van der Waals surface area contributed by atoms with Gasteiger partial charge in [0.15, 0.2) is 0 Å². The van der Waals surface area contributed by atoms with Gasteiger partial charge in [-0.05, 0) is 24.3 Å². The fourth-order valence-corrected chi connectivity index (χ4v) is 2.98. The van der Waals surface area contributed by atoms with Gasteiger partial charge in [0, 0.05) is 17.1 Å². The van der Waals surface area contributed by atoms with Crippen LogP contribution in [0.15, 0.2) is 55.1 Å². The van der Waals surface area contributed by atoms with Crippen molar-refractivity contribution in [2.45, 2.75) is 6.54 Å². The van der Waals surface area contributed by atoms with Crippen LogP contribution in [0.5, 0.6) is 0 Å². The van der Waals surface area contributed by atoms with E-state index in [1.54, 1.807) is 11.0 Å². The van der Waals surface area contributed by atoms with Crippen LogP contribution in [0.25, 0.3) is 0 Å². The Kier molecular flexibility index (Phi) is 5.84. The molecule has 0 unspecified atom stereocenters. The van der Waals surface area contributed by atoms with Crippen LogP contribution in [-0.4, -0.2) is 23.9 Å². The Bertz CT molecular complexity index is 597. The zero-order chi connectivity index (χ0) is 15.1. The van der Waals surface area contributed by atoms with Crippen molar-refractivity contribution >= 4 is 34.5 Å². The van der Waals surface area contributed by atoms with E-state index in [0.29, 0.717) is 13.1 Å². The molecule has 1 aromatic carbocycles. The van der Waals surface area contributed by atoms with Crippen LogP contribution >= 0.6 is 22.9 Å². The molecule has 1 heterocycles. The molecular formula is C16H17ClN2OS. The Morgan fingerprint density at radius 1 is 1.29 bits per heavy atom. The molecule has 1 N–H and O–H groups in total. The van der Waals surface area contributed by atoms with Crippen LogP contribution in [0, 0.1) is 0 Å². The molecule has 0 aliphatic heterocycles. The van der Waals surface area contributed by atoms with Gasteiger partial charge in [0.1, 0.15) is 0 Å². The highest BCUT2D eigenvalue weighted by molar-refractivity contribution is 7.16. The predicted octanol–water partition coefficient (Wildman–Crippen LogP) is 4.03. The van der Waals surface area contributed by atoms with Crippen LogP contribution in [-0.2, 0) is 11.3 Å². The van der Waals surface area contributed by atoms with Crippen LogP contribution in [0.4, 0.5) is 5.69 Å². The highest BCUT2D eigenvalue weighted by Gasteiger charge is 2.13. The fraction of sp³-hybridized carbons (Fsp3) is 0.188. The molecule has 1 aromatic heterocycles. The van der Waals surface area contributed by atoms with Crippen molar-refractivity contribution in [1.82, 2.24) is 4.90 Å². The van der Waals surface area contributed by atoms with E-state index in [4.69, 9.17) is 11.6 Å². The largest absolute Gasteiger partial charge is 0.376 e. The Hall–Kier alpha value is -1.78. The maximum atomic E-state index is 12.3. The van der Waals surface area contributed by atoms with Crippen LogP contribution in [0.1, 0.15) is 4.88 Å². The SMILES string of the molecule is C=CCN(Cc1ccc(Cl)s1)C(=O)CNc1ccccc1. The number of rotatable bonds is 7. The van der Waals surface area contributed by atoms with E-state index in [9.17, 15) is 4.79 Å². The van der Waals surface area contributed by atoms with Crippen molar-refractivity contribution < 1.29 is 4.79 Å². The standard InChI is InChI=1S/C16H17ClN2OS/c1-2-10-19(12-14-8-9-15(17)21-14)16(20)11-18-13-6-4-3-5-7-13/h2-9,18H,1,10-12H2. The van der Waals surface area contributed by atoms with E-state index >= 15 is 0 Å². The Balaban J connectivity index is 1.93. The highest BCUT2D eigenvalue weighted by atomic mass is 35.5. The normalized spacial score (nSPS) is 10.1. The molecule has 2 rings (SSSR count).